The molecule has 0 aromatic heterocycles. The molecule has 1 aliphatic rings. The fourth-order valence-electron chi connectivity index (χ4n) is 2.51. The average Bonchev–Trinajstić information content (AvgIpc) is 2.41. The first kappa shape index (κ1) is 12.2. The van der Waals surface area contributed by atoms with Gasteiger partial charge >= 0.3 is 0 Å². The van der Waals surface area contributed by atoms with Gasteiger partial charge in [-0.2, -0.15) is 0 Å². The molecule has 1 aliphatic heterocycles. The summed E-state index contributed by atoms with van der Waals surface area (Å²) in [4.78, 5) is 0. The second-order valence-electron chi connectivity index (χ2n) is 5.24. The summed E-state index contributed by atoms with van der Waals surface area (Å²) in [5.74, 6) is 0.826. The molecule has 2 aromatic carbocycles. The third-order valence-corrected chi connectivity index (χ3v) is 3.48. The van der Waals surface area contributed by atoms with Gasteiger partial charge in [0.1, 0.15) is 5.75 Å². The number of hydroxylamine groups is 2. The standard InChI is InChI=1S/C16H17NO2/c1-16(2)17(18)15(12-8-4-3-5-9-12)13-10-6-7-11-14(13)19-16/h3-11,15,18H,1-2H3. The van der Waals surface area contributed by atoms with E-state index in [0.29, 0.717) is 0 Å². The van der Waals surface area contributed by atoms with Crippen molar-refractivity contribution >= 4 is 0 Å². The number of nitrogens with zero attached hydrogens (tertiary/aromatic N) is 1. The second-order valence-corrected chi connectivity index (χ2v) is 5.24. The Labute approximate surface area is 113 Å². The van der Waals surface area contributed by atoms with Crippen molar-refractivity contribution in [1.29, 1.82) is 0 Å². The van der Waals surface area contributed by atoms with E-state index in [1.54, 1.807) is 0 Å². The van der Waals surface area contributed by atoms with Crippen molar-refractivity contribution in [2.24, 2.45) is 0 Å². The Morgan fingerprint density at radius 3 is 2.37 bits per heavy atom. The van der Waals surface area contributed by atoms with Gasteiger partial charge in [-0.05, 0) is 25.5 Å². The first-order valence-corrected chi connectivity index (χ1v) is 6.41. The zero-order chi connectivity index (χ0) is 13.5. The molecule has 3 nitrogen and oxygen atoms in total. The minimum atomic E-state index is -0.755. The molecule has 0 fully saturated rings. The van der Waals surface area contributed by atoms with Crippen LogP contribution in [0.1, 0.15) is 31.0 Å². The van der Waals surface area contributed by atoms with Crippen LogP contribution >= 0.6 is 0 Å². The van der Waals surface area contributed by atoms with Crippen molar-refractivity contribution in [2.75, 3.05) is 0 Å². The van der Waals surface area contributed by atoms with Crippen LogP contribution in [0.15, 0.2) is 54.6 Å². The van der Waals surface area contributed by atoms with Crippen molar-refractivity contribution < 1.29 is 9.94 Å². The highest BCUT2D eigenvalue weighted by molar-refractivity contribution is 5.43. The molecule has 19 heavy (non-hydrogen) atoms. The minimum absolute atomic E-state index is 0.207. The highest BCUT2D eigenvalue weighted by Gasteiger charge is 2.41. The quantitative estimate of drug-likeness (QED) is 0.845. The number of para-hydroxylation sites is 1. The zero-order valence-electron chi connectivity index (χ0n) is 11.1. The molecule has 0 amide bonds. The van der Waals surface area contributed by atoms with E-state index >= 15 is 0 Å². The third kappa shape index (κ3) is 2.01. The summed E-state index contributed by atoms with van der Waals surface area (Å²) in [5, 5.41) is 11.8. The highest BCUT2D eigenvalue weighted by Crippen LogP contribution is 2.42. The van der Waals surface area contributed by atoms with Crippen molar-refractivity contribution in [1.82, 2.24) is 5.06 Å². The number of hydrogen-bond acceptors (Lipinski definition) is 3. The Balaban J connectivity index is 2.16. The lowest BCUT2D eigenvalue weighted by Crippen LogP contribution is -2.51. The largest absolute Gasteiger partial charge is 0.471 e. The van der Waals surface area contributed by atoms with Crippen molar-refractivity contribution in [3.8, 4) is 5.75 Å². The number of rotatable bonds is 1. The summed E-state index contributed by atoms with van der Waals surface area (Å²) in [7, 11) is 0. The molecule has 0 radical (unpaired) electrons. The van der Waals surface area contributed by atoms with Gasteiger partial charge in [0.2, 0.25) is 0 Å². The van der Waals surface area contributed by atoms with Crippen LogP contribution in [-0.4, -0.2) is 16.0 Å². The summed E-state index contributed by atoms with van der Waals surface area (Å²) >= 11 is 0. The lowest BCUT2D eigenvalue weighted by molar-refractivity contribution is -0.262. The van der Waals surface area contributed by atoms with E-state index < -0.39 is 5.72 Å². The maximum Gasteiger partial charge on any atom is 0.180 e. The molecule has 2 aromatic rings. The van der Waals surface area contributed by atoms with Gasteiger partial charge in [0.15, 0.2) is 5.72 Å². The van der Waals surface area contributed by atoms with E-state index in [-0.39, 0.29) is 6.04 Å². The van der Waals surface area contributed by atoms with Gasteiger partial charge in [-0.3, -0.25) is 0 Å². The van der Waals surface area contributed by atoms with Gasteiger partial charge in [0.05, 0.1) is 6.04 Å². The Bertz CT molecular complexity index is 580. The van der Waals surface area contributed by atoms with E-state index in [1.807, 2.05) is 68.4 Å². The fraction of sp³-hybridized carbons (Fsp3) is 0.250. The van der Waals surface area contributed by atoms with Crippen molar-refractivity contribution in [2.45, 2.75) is 25.6 Å². The monoisotopic (exact) mass is 255 g/mol. The SMILES string of the molecule is CC1(C)Oc2ccccc2C(c2ccccc2)N1O. The van der Waals surface area contributed by atoms with Gasteiger partial charge in [0.25, 0.3) is 0 Å². The van der Waals surface area contributed by atoms with Crippen LogP contribution in [0.5, 0.6) is 5.75 Å². The molecule has 0 saturated heterocycles. The molecule has 0 saturated carbocycles. The molecule has 0 bridgehead atoms. The molecular formula is C16H17NO2. The molecule has 98 valence electrons. The third-order valence-electron chi connectivity index (χ3n) is 3.48. The van der Waals surface area contributed by atoms with Crippen LogP contribution in [0.25, 0.3) is 0 Å². The second kappa shape index (κ2) is 4.37. The first-order chi connectivity index (χ1) is 9.09. The molecule has 3 rings (SSSR count). The summed E-state index contributed by atoms with van der Waals surface area (Å²) in [6.45, 7) is 3.72. The normalized spacial score (nSPS) is 21.5. The summed E-state index contributed by atoms with van der Waals surface area (Å²) in [6, 6.07) is 17.6. The molecule has 1 heterocycles. The number of benzene rings is 2. The lowest BCUT2D eigenvalue weighted by Gasteiger charge is -2.44. The molecule has 0 spiro atoms. The lowest BCUT2D eigenvalue weighted by atomic mass is 9.94. The van der Waals surface area contributed by atoms with Gasteiger partial charge in [-0.1, -0.05) is 48.5 Å². The molecular weight excluding hydrogens is 238 g/mol. The van der Waals surface area contributed by atoms with E-state index in [4.69, 9.17) is 4.74 Å². The van der Waals surface area contributed by atoms with Crippen LogP contribution in [0, 0.1) is 0 Å². The van der Waals surface area contributed by atoms with Gasteiger partial charge < -0.3 is 9.94 Å². The maximum atomic E-state index is 10.5. The van der Waals surface area contributed by atoms with Crippen molar-refractivity contribution in [3.05, 3.63) is 65.7 Å². The van der Waals surface area contributed by atoms with Crippen LogP contribution in [0.2, 0.25) is 0 Å². The van der Waals surface area contributed by atoms with Crippen LogP contribution in [0.3, 0.4) is 0 Å². The zero-order valence-corrected chi connectivity index (χ0v) is 11.1. The minimum Gasteiger partial charge on any atom is -0.471 e. The Hall–Kier alpha value is -1.84. The van der Waals surface area contributed by atoms with Gasteiger partial charge in [-0.15, -0.1) is 5.06 Å². The molecule has 1 unspecified atom stereocenters. The van der Waals surface area contributed by atoms with E-state index in [9.17, 15) is 5.21 Å². The Kier molecular flexibility index (Phi) is 2.81. The molecule has 1 N–H and O–H groups in total. The summed E-state index contributed by atoms with van der Waals surface area (Å²) in [6.07, 6.45) is 0. The van der Waals surface area contributed by atoms with E-state index in [0.717, 1.165) is 16.9 Å². The van der Waals surface area contributed by atoms with Crippen LogP contribution in [-0.2, 0) is 0 Å². The topological polar surface area (TPSA) is 32.7 Å². The molecule has 1 atom stereocenters. The summed E-state index contributed by atoms with van der Waals surface area (Å²) in [5.41, 5.74) is 1.28. The highest BCUT2D eigenvalue weighted by atomic mass is 16.6. The predicted molar refractivity (Wildman–Crippen MR) is 73.1 cm³/mol. The maximum absolute atomic E-state index is 10.5. The van der Waals surface area contributed by atoms with Gasteiger partial charge in [-0.25, -0.2) is 0 Å². The number of fused-ring (bicyclic) bond motifs is 1. The number of ether oxygens (including phenoxy) is 1. The van der Waals surface area contributed by atoms with E-state index in [1.165, 1.54) is 5.06 Å². The molecule has 3 heteroatoms. The fourth-order valence-corrected chi connectivity index (χ4v) is 2.51. The predicted octanol–water partition coefficient (Wildman–Crippen LogP) is 3.60. The van der Waals surface area contributed by atoms with E-state index in [2.05, 4.69) is 0 Å². The summed E-state index contributed by atoms with van der Waals surface area (Å²) < 4.78 is 5.86. The molecule has 0 aliphatic carbocycles. The number of hydrogen-bond donors (Lipinski definition) is 1. The van der Waals surface area contributed by atoms with Crippen molar-refractivity contribution in [3.63, 3.8) is 0 Å². The Morgan fingerprint density at radius 2 is 1.63 bits per heavy atom. The average molecular weight is 255 g/mol. The van der Waals surface area contributed by atoms with Crippen LogP contribution < -0.4 is 4.74 Å². The first-order valence-electron chi connectivity index (χ1n) is 6.41. The van der Waals surface area contributed by atoms with Gasteiger partial charge in [0, 0.05) is 5.56 Å². The van der Waals surface area contributed by atoms with Crippen LogP contribution in [0.4, 0.5) is 0 Å². The smallest absolute Gasteiger partial charge is 0.180 e. The Morgan fingerprint density at radius 1 is 1.00 bits per heavy atom.